The molecule has 0 N–H and O–H groups in total. The van der Waals surface area contributed by atoms with Crippen LogP contribution in [0.2, 0.25) is 5.02 Å². The van der Waals surface area contributed by atoms with E-state index < -0.39 is 15.9 Å². The van der Waals surface area contributed by atoms with Crippen LogP contribution < -0.4 is 48.8 Å². The van der Waals surface area contributed by atoms with Crippen LogP contribution in [0.25, 0.3) is 4.72 Å². The van der Waals surface area contributed by atoms with Crippen molar-refractivity contribution in [2.24, 2.45) is 0 Å². The standard InChI is InChI=1S/C24H25ClN4O5S.Na/c1-33-21-6-4-3-5-20(21)28-11-13-29(14-12-28)23-10-8-18(16-26-23)35(31,32)27-24(30)19-9-7-17(25)15-22(19)34-2;/h3-10,15-16H,11-14H2,1-2H3,(H,27,30);/q;+1/p-1. The molecule has 1 saturated heterocycles. The Hall–Kier alpha value is -2.50. The Morgan fingerprint density at radius 2 is 1.61 bits per heavy atom. The van der Waals surface area contributed by atoms with E-state index >= 15 is 0 Å². The number of pyridine rings is 1. The molecule has 9 nitrogen and oxygen atoms in total. The van der Waals surface area contributed by atoms with Crippen LogP contribution in [0.3, 0.4) is 0 Å². The molecule has 1 fully saturated rings. The summed E-state index contributed by atoms with van der Waals surface area (Å²) in [5, 5.41) is 0.352. The van der Waals surface area contributed by atoms with Crippen LogP contribution in [0.5, 0.6) is 11.5 Å². The van der Waals surface area contributed by atoms with Gasteiger partial charge in [-0.05, 0) is 42.5 Å². The number of rotatable bonds is 7. The van der Waals surface area contributed by atoms with Gasteiger partial charge >= 0.3 is 29.6 Å². The quantitative estimate of drug-likeness (QED) is 0.410. The van der Waals surface area contributed by atoms with Crippen molar-refractivity contribution in [3.63, 3.8) is 0 Å². The molecule has 0 spiro atoms. The minimum Gasteiger partial charge on any atom is -0.537 e. The second-order valence-electron chi connectivity index (χ2n) is 7.71. The summed E-state index contributed by atoms with van der Waals surface area (Å²) in [5.41, 5.74) is 1.03. The van der Waals surface area contributed by atoms with Crippen molar-refractivity contribution in [3.8, 4) is 11.5 Å². The van der Waals surface area contributed by atoms with E-state index in [4.69, 9.17) is 21.1 Å². The van der Waals surface area contributed by atoms with Crippen molar-refractivity contribution < 1.29 is 52.2 Å². The zero-order valence-electron chi connectivity index (χ0n) is 20.2. The van der Waals surface area contributed by atoms with Gasteiger partial charge in [0.1, 0.15) is 27.3 Å². The Balaban J connectivity index is 0.00000361. The maximum Gasteiger partial charge on any atom is 1.00 e. The second kappa shape index (κ2) is 12.2. The largest absolute Gasteiger partial charge is 1.00 e. The first-order valence-corrected chi connectivity index (χ1v) is 12.6. The Morgan fingerprint density at radius 1 is 0.944 bits per heavy atom. The van der Waals surface area contributed by atoms with Crippen LogP contribution in [0, 0.1) is 0 Å². The smallest absolute Gasteiger partial charge is 0.537 e. The van der Waals surface area contributed by atoms with Crippen LogP contribution >= 0.6 is 11.6 Å². The summed E-state index contributed by atoms with van der Waals surface area (Å²) in [6, 6.07) is 15.1. The number of sulfonamides is 1. The molecule has 0 unspecified atom stereocenters. The Morgan fingerprint density at radius 3 is 2.25 bits per heavy atom. The number of benzene rings is 2. The van der Waals surface area contributed by atoms with Gasteiger partial charge in [0, 0.05) is 43.0 Å². The number of piperazine rings is 1. The number of carbonyl (C=O) groups is 1. The molecular weight excluding hydrogens is 515 g/mol. The van der Waals surface area contributed by atoms with E-state index in [2.05, 4.69) is 19.5 Å². The molecule has 2 heterocycles. The van der Waals surface area contributed by atoms with Gasteiger partial charge in [-0.25, -0.2) is 13.4 Å². The summed E-state index contributed by atoms with van der Waals surface area (Å²) in [4.78, 5) is 21.0. The Labute approximate surface area is 237 Å². The van der Waals surface area contributed by atoms with Crippen molar-refractivity contribution >= 4 is 39.0 Å². The molecule has 1 aromatic heterocycles. The monoisotopic (exact) mass is 538 g/mol. The number of halogens is 1. The molecule has 0 radical (unpaired) electrons. The third-order valence-electron chi connectivity index (χ3n) is 5.65. The van der Waals surface area contributed by atoms with Crippen molar-refractivity contribution in [1.82, 2.24) is 4.98 Å². The van der Waals surface area contributed by atoms with Crippen molar-refractivity contribution in [3.05, 3.63) is 76.1 Å². The summed E-state index contributed by atoms with van der Waals surface area (Å²) in [6.45, 7) is 2.93. The minimum absolute atomic E-state index is 0. The Bertz CT molecular complexity index is 1320. The number of aromatic nitrogens is 1. The van der Waals surface area contributed by atoms with Gasteiger partial charge in [0.15, 0.2) is 0 Å². The van der Waals surface area contributed by atoms with Crippen LogP contribution in [0.15, 0.2) is 65.7 Å². The molecule has 184 valence electrons. The number of para-hydroxylation sites is 2. The van der Waals surface area contributed by atoms with Crippen molar-refractivity contribution in [2.45, 2.75) is 4.90 Å². The average molecular weight is 539 g/mol. The maximum absolute atomic E-state index is 12.7. The first-order chi connectivity index (χ1) is 16.8. The van der Waals surface area contributed by atoms with E-state index in [1.165, 1.54) is 37.6 Å². The molecule has 1 aliphatic rings. The van der Waals surface area contributed by atoms with Gasteiger partial charge in [-0.3, -0.25) is 0 Å². The number of ether oxygens (including phenoxy) is 2. The fraction of sp³-hybridized carbons (Fsp3) is 0.250. The number of hydrogen-bond donors (Lipinski definition) is 0. The molecule has 4 rings (SSSR count). The van der Waals surface area contributed by atoms with E-state index in [0.29, 0.717) is 23.9 Å². The molecule has 0 bridgehead atoms. The molecule has 36 heavy (non-hydrogen) atoms. The van der Waals surface area contributed by atoms with Crippen LogP contribution in [0.4, 0.5) is 11.5 Å². The number of methoxy groups -OCH3 is 2. The fourth-order valence-corrected chi connectivity index (χ4v) is 4.84. The molecule has 1 aliphatic heterocycles. The summed E-state index contributed by atoms with van der Waals surface area (Å²) >= 11 is 5.90. The van der Waals surface area contributed by atoms with Crippen LogP contribution in [-0.2, 0) is 10.0 Å². The van der Waals surface area contributed by atoms with E-state index in [0.717, 1.165) is 24.5 Å². The third-order valence-corrected chi connectivity index (χ3v) is 7.12. The van der Waals surface area contributed by atoms with Gasteiger partial charge in [0.2, 0.25) is 0 Å². The van der Waals surface area contributed by atoms with E-state index in [1.807, 2.05) is 24.3 Å². The fourth-order valence-electron chi connectivity index (χ4n) is 3.83. The predicted molar refractivity (Wildman–Crippen MR) is 135 cm³/mol. The molecule has 0 aliphatic carbocycles. The maximum atomic E-state index is 12.7. The SMILES string of the molecule is COc1cc(Cl)ccc1C(=O)[N-]S(=O)(=O)c1ccc(N2CCN(c3ccccc3OC)CC2)nc1.[Na+]. The molecule has 1 amide bonds. The summed E-state index contributed by atoms with van der Waals surface area (Å²) in [6.07, 6.45) is 1.22. The summed E-state index contributed by atoms with van der Waals surface area (Å²) in [7, 11) is -1.25. The van der Waals surface area contributed by atoms with Crippen molar-refractivity contribution in [2.75, 3.05) is 50.2 Å². The van der Waals surface area contributed by atoms with Crippen LogP contribution in [0.1, 0.15) is 10.4 Å². The number of anilines is 2. The van der Waals surface area contributed by atoms with E-state index in [-0.39, 0.29) is 45.8 Å². The van der Waals surface area contributed by atoms with Crippen molar-refractivity contribution in [1.29, 1.82) is 0 Å². The Kier molecular flexibility index (Phi) is 9.48. The van der Waals surface area contributed by atoms with Gasteiger partial charge < -0.3 is 28.8 Å². The predicted octanol–water partition coefficient (Wildman–Crippen LogP) is 0.986. The molecule has 3 aromatic rings. The number of carbonyl (C=O) groups excluding carboxylic acids is 1. The first kappa shape index (κ1) is 28.1. The number of nitrogens with zero attached hydrogens (tertiary/aromatic N) is 4. The van der Waals surface area contributed by atoms with Gasteiger partial charge in [0.25, 0.3) is 0 Å². The number of hydrogen-bond acceptors (Lipinski definition) is 8. The molecule has 0 saturated carbocycles. The summed E-state index contributed by atoms with van der Waals surface area (Å²) < 4.78 is 39.4. The zero-order valence-corrected chi connectivity index (χ0v) is 23.8. The van der Waals surface area contributed by atoms with E-state index in [9.17, 15) is 13.2 Å². The molecule has 12 heteroatoms. The molecular formula is C24H24ClN4NaO5S. The third kappa shape index (κ3) is 6.24. The first-order valence-electron chi connectivity index (χ1n) is 10.8. The molecule has 2 aromatic carbocycles. The summed E-state index contributed by atoms with van der Waals surface area (Å²) in [5.74, 6) is 0.662. The number of amides is 1. The minimum atomic E-state index is -4.26. The normalized spacial score (nSPS) is 13.5. The zero-order chi connectivity index (χ0) is 25.0. The molecule has 0 atom stereocenters. The topological polar surface area (TPSA) is 103 Å². The van der Waals surface area contributed by atoms with E-state index in [1.54, 1.807) is 13.2 Å². The van der Waals surface area contributed by atoms with Crippen LogP contribution in [-0.4, -0.2) is 59.7 Å². The average Bonchev–Trinajstić information content (AvgIpc) is 2.88. The van der Waals surface area contributed by atoms with Gasteiger partial charge in [-0.2, -0.15) is 0 Å². The second-order valence-corrected chi connectivity index (χ2v) is 9.75. The van der Waals surface area contributed by atoms with Gasteiger partial charge in [0.05, 0.1) is 30.7 Å². The van der Waals surface area contributed by atoms with Gasteiger partial charge in [-0.15, -0.1) is 0 Å². The van der Waals surface area contributed by atoms with Gasteiger partial charge in [-0.1, -0.05) is 23.7 Å².